The molecule has 0 aliphatic rings. The molecule has 2 aromatic carbocycles. The van der Waals surface area contributed by atoms with Crippen molar-refractivity contribution in [1.29, 1.82) is 0 Å². The smallest absolute Gasteiger partial charge is 0.146 e. The van der Waals surface area contributed by atoms with Gasteiger partial charge in [0.25, 0.3) is 0 Å². The second-order valence-corrected chi connectivity index (χ2v) is 5.04. The molecule has 0 fully saturated rings. The lowest BCUT2D eigenvalue weighted by Gasteiger charge is -2.17. The van der Waals surface area contributed by atoms with Crippen LogP contribution in [0.3, 0.4) is 0 Å². The van der Waals surface area contributed by atoms with E-state index in [9.17, 15) is 0 Å². The fraction of sp³-hybridized carbons (Fsp3) is 0.294. The lowest BCUT2D eigenvalue weighted by molar-refractivity contribution is 0.220. The first-order valence-electron chi connectivity index (χ1n) is 6.84. The highest BCUT2D eigenvalue weighted by atomic mass is 16.5. The van der Waals surface area contributed by atoms with Crippen LogP contribution in [0.5, 0.6) is 11.5 Å². The van der Waals surface area contributed by atoms with Gasteiger partial charge in [0.1, 0.15) is 17.6 Å². The summed E-state index contributed by atoms with van der Waals surface area (Å²) in [5.74, 6) is 1.42. The molecule has 3 nitrogen and oxygen atoms in total. The highest BCUT2D eigenvalue weighted by molar-refractivity contribution is 5.55. The second kappa shape index (κ2) is 6.33. The second-order valence-electron chi connectivity index (χ2n) is 5.04. The van der Waals surface area contributed by atoms with Crippen LogP contribution in [0.25, 0.3) is 0 Å². The Labute approximate surface area is 120 Å². The largest absolute Gasteiger partial charge is 0.489 e. The van der Waals surface area contributed by atoms with Gasteiger partial charge in [0, 0.05) is 6.07 Å². The van der Waals surface area contributed by atoms with Crippen molar-refractivity contribution in [2.75, 3.05) is 5.73 Å². The maximum atomic E-state index is 5.94. The Hall–Kier alpha value is -2.16. The molecule has 2 rings (SSSR count). The van der Waals surface area contributed by atoms with E-state index in [1.807, 2.05) is 69.3 Å². The first-order chi connectivity index (χ1) is 9.56. The predicted octanol–water partition coefficient (Wildman–Crippen LogP) is 4.20. The van der Waals surface area contributed by atoms with E-state index in [-0.39, 0.29) is 12.2 Å². The first-order valence-corrected chi connectivity index (χ1v) is 6.84. The summed E-state index contributed by atoms with van der Waals surface area (Å²) in [5.41, 5.74) is 7.66. The molecule has 2 N–H and O–H groups in total. The van der Waals surface area contributed by atoms with Gasteiger partial charge in [-0.15, -0.1) is 0 Å². The summed E-state index contributed by atoms with van der Waals surface area (Å²) in [6, 6.07) is 15.6. The highest BCUT2D eigenvalue weighted by Crippen LogP contribution is 2.30. The number of hydrogen-bond acceptors (Lipinski definition) is 3. The molecular weight excluding hydrogens is 250 g/mol. The van der Waals surface area contributed by atoms with Crippen LogP contribution in [0.4, 0.5) is 5.69 Å². The van der Waals surface area contributed by atoms with E-state index in [2.05, 4.69) is 0 Å². The summed E-state index contributed by atoms with van der Waals surface area (Å²) >= 11 is 0. The van der Waals surface area contributed by atoms with Crippen LogP contribution in [0.2, 0.25) is 0 Å². The minimum atomic E-state index is -0.0216. The van der Waals surface area contributed by atoms with E-state index < -0.39 is 0 Å². The van der Waals surface area contributed by atoms with Gasteiger partial charge >= 0.3 is 0 Å². The molecule has 0 aliphatic heterocycles. The Morgan fingerprint density at radius 3 is 2.25 bits per heavy atom. The molecule has 0 aromatic heterocycles. The van der Waals surface area contributed by atoms with Gasteiger partial charge in [0.05, 0.1) is 11.8 Å². The third kappa shape index (κ3) is 3.67. The van der Waals surface area contributed by atoms with E-state index in [4.69, 9.17) is 15.2 Å². The van der Waals surface area contributed by atoms with Crippen LogP contribution in [0.1, 0.15) is 32.4 Å². The molecule has 0 saturated carbocycles. The monoisotopic (exact) mass is 271 g/mol. The number of nitrogen functional groups attached to an aromatic ring is 1. The standard InChI is InChI=1S/C17H21NO2/c1-12(2)19-17-11-15(9-10-16(17)18)20-13(3)14-7-5-4-6-8-14/h4-13H,18H2,1-3H3. The molecule has 0 spiro atoms. The van der Waals surface area contributed by atoms with Crippen molar-refractivity contribution in [3.8, 4) is 11.5 Å². The minimum absolute atomic E-state index is 0.0216. The van der Waals surface area contributed by atoms with Crippen LogP contribution in [0.15, 0.2) is 48.5 Å². The average molecular weight is 271 g/mol. The van der Waals surface area contributed by atoms with Crippen LogP contribution in [-0.4, -0.2) is 6.10 Å². The highest BCUT2D eigenvalue weighted by Gasteiger charge is 2.09. The van der Waals surface area contributed by atoms with Crippen molar-refractivity contribution in [2.45, 2.75) is 33.0 Å². The zero-order chi connectivity index (χ0) is 14.5. The zero-order valence-electron chi connectivity index (χ0n) is 12.2. The third-order valence-corrected chi connectivity index (χ3v) is 2.93. The third-order valence-electron chi connectivity index (χ3n) is 2.93. The van der Waals surface area contributed by atoms with Gasteiger partial charge in [0.15, 0.2) is 0 Å². The maximum Gasteiger partial charge on any atom is 0.146 e. The quantitative estimate of drug-likeness (QED) is 0.829. The van der Waals surface area contributed by atoms with Crippen LogP contribution in [-0.2, 0) is 0 Å². The van der Waals surface area contributed by atoms with Gasteiger partial charge < -0.3 is 15.2 Å². The molecular formula is C17H21NO2. The Morgan fingerprint density at radius 2 is 1.60 bits per heavy atom. The summed E-state index contributed by atoms with van der Waals surface area (Å²) in [6.45, 7) is 5.97. The van der Waals surface area contributed by atoms with E-state index in [1.54, 1.807) is 0 Å². The lowest BCUT2D eigenvalue weighted by Crippen LogP contribution is -2.08. The first kappa shape index (κ1) is 14.3. The van der Waals surface area contributed by atoms with Crippen LogP contribution in [0, 0.1) is 0 Å². The predicted molar refractivity (Wildman–Crippen MR) is 82.1 cm³/mol. The molecule has 3 heteroatoms. The zero-order valence-corrected chi connectivity index (χ0v) is 12.2. The number of ether oxygens (including phenoxy) is 2. The summed E-state index contributed by atoms with van der Waals surface area (Å²) < 4.78 is 11.6. The molecule has 1 unspecified atom stereocenters. The summed E-state index contributed by atoms with van der Waals surface area (Å²) in [5, 5.41) is 0. The molecule has 0 saturated heterocycles. The molecule has 0 heterocycles. The Kier molecular flexibility index (Phi) is 4.51. The SMILES string of the molecule is CC(C)Oc1cc(OC(C)c2ccccc2)ccc1N. The van der Waals surface area contributed by atoms with Gasteiger partial charge in [-0.3, -0.25) is 0 Å². The van der Waals surface area contributed by atoms with Crippen LogP contribution < -0.4 is 15.2 Å². The van der Waals surface area contributed by atoms with Crippen LogP contribution >= 0.6 is 0 Å². The van der Waals surface area contributed by atoms with Crippen molar-refractivity contribution < 1.29 is 9.47 Å². The number of anilines is 1. The lowest BCUT2D eigenvalue weighted by atomic mass is 10.1. The molecule has 0 bridgehead atoms. The Bertz CT molecular complexity index is 552. The topological polar surface area (TPSA) is 44.5 Å². The Morgan fingerprint density at radius 1 is 0.900 bits per heavy atom. The van der Waals surface area contributed by atoms with Gasteiger partial charge in [-0.25, -0.2) is 0 Å². The molecule has 0 radical (unpaired) electrons. The van der Waals surface area contributed by atoms with Gasteiger partial charge in [-0.1, -0.05) is 30.3 Å². The number of nitrogens with two attached hydrogens (primary N) is 1. The number of rotatable bonds is 5. The maximum absolute atomic E-state index is 5.94. The fourth-order valence-electron chi connectivity index (χ4n) is 1.94. The van der Waals surface area contributed by atoms with Crippen molar-refractivity contribution >= 4 is 5.69 Å². The molecule has 0 aliphatic carbocycles. The van der Waals surface area contributed by atoms with E-state index in [1.165, 1.54) is 0 Å². The minimum Gasteiger partial charge on any atom is -0.489 e. The molecule has 0 amide bonds. The van der Waals surface area contributed by atoms with Gasteiger partial charge in [-0.05, 0) is 38.5 Å². The average Bonchev–Trinajstić information content (AvgIpc) is 2.43. The normalized spacial score (nSPS) is 12.2. The molecule has 1 atom stereocenters. The summed E-state index contributed by atoms with van der Waals surface area (Å²) in [7, 11) is 0. The molecule has 20 heavy (non-hydrogen) atoms. The molecule has 2 aromatic rings. The van der Waals surface area contributed by atoms with Gasteiger partial charge in [-0.2, -0.15) is 0 Å². The summed E-state index contributed by atoms with van der Waals surface area (Å²) in [6.07, 6.45) is 0.0609. The van der Waals surface area contributed by atoms with Crippen molar-refractivity contribution in [2.24, 2.45) is 0 Å². The fourth-order valence-corrected chi connectivity index (χ4v) is 1.94. The van der Waals surface area contributed by atoms with Crippen molar-refractivity contribution in [3.63, 3.8) is 0 Å². The van der Waals surface area contributed by atoms with Gasteiger partial charge in [0.2, 0.25) is 0 Å². The number of benzene rings is 2. The van der Waals surface area contributed by atoms with Crippen molar-refractivity contribution in [1.82, 2.24) is 0 Å². The van der Waals surface area contributed by atoms with E-state index >= 15 is 0 Å². The van der Waals surface area contributed by atoms with Crippen molar-refractivity contribution in [3.05, 3.63) is 54.1 Å². The molecule has 106 valence electrons. The number of hydrogen-bond donors (Lipinski definition) is 1. The Balaban J connectivity index is 2.13. The summed E-state index contributed by atoms with van der Waals surface area (Å²) in [4.78, 5) is 0. The van der Waals surface area contributed by atoms with E-state index in [0.29, 0.717) is 11.4 Å². The van der Waals surface area contributed by atoms with E-state index in [0.717, 1.165) is 11.3 Å².